The van der Waals surface area contributed by atoms with Gasteiger partial charge in [-0.15, -0.1) is 11.8 Å². The summed E-state index contributed by atoms with van der Waals surface area (Å²) in [5, 5.41) is -0.173. The van der Waals surface area contributed by atoms with Crippen molar-refractivity contribution in [2.24, 2.45) is 5.41 Å². The minimum atomic E-state index is -0.173. The summed E-state index contributed by atoms with van der Waals surface area (Å²) >= 11 is 1.62. The number of carbonyl (C=O) groups is 2. The Hall–Kier alpha value is -0.510. The lowest BCUT2D eigenvalue weighted by atomic mass is 9.89. The van der Waals surface area contributed by atoms with Crippen LogP contribution in [0.5, 0.6) is 0 Å². The summed E-state index contributed by atoms with van der Waals surface area (Å²) in [6.07, 6.45) is 6.07. The molecule has 128 valence electrons. The van der Waals surface area contributed by atoms with Gasteiger partial charge in [-0.2, -0.15) is 0 Å². The van der Waals surface area contributed by atoms with Gasteiger partial charge >= 0.3 is 0 Å². The maximum Gasteiger partial charge on any atom is 0.242 e. The summed E-state index contributed by atoms with van der Waals surface area (Å²) in [6, 6.07) is 0. The minimum absolute atomic E-state index is 0.0152. The maximum absolute atomic E-state index is 12.3. The zero-order valence-corrected chi connectivity index (χ0v) is 16.0. The monoisotopic (exact) mass is 327 g/mol. The van der Waals surface area contributed by atoms with Crippen LogP contribution in [0.3, 0.4) is 0 Å². The van der Waals surface area contributed by atoms with Gasteiger partial charge in [0.15, 0.2) is 0 Å². The predicted molar refractivity (Wildman–Crippen MR) is 95.0 cm³/mol. The lowest BCUT2D eigenvalue weighted by Gasteiger charge is -2.21. The van der Waals surface area contributed by atoms with E-state index < -0.39 is 0 Å². The highest BCUT2D eigenvalue weighted by molar-refractivity contribution is 8.01. The Morgan fingerprint density at radius 1 is 1.00 bits per heavy atom. The van der Waals surface area contributed by atoms with E-state index in [4.69, 9.17) is 0 Å². The van der Waals surface area contributed by atoms with Gasteiger partial charge in [0.2, 0.25) is 11.8 Å². The summed E-state index contributed by atoms with van der Waals surface area (Å²) in [4.78, 5) is 25.8. The van der Waals surface area contributed by atoms with Crippen LogP contribution in [-0.4, -0.2) is 33.3 Å². The molecule has 3 nitrogen and oxygen atoms in total. The van der Waals surface area contributed by atoms with E-state index in [0.717, 1.165) is 12.8 Å². The molecule has 0 aliphatic carbocycles. The van der Waals surface area contributed by atoms with Crippen LogP contribution < -0.4 is 0 Å². The molecule has 0 aromatic rings. The van der Waals surface area contributed by atoms with E-state index in [9.17, 15) is 9.59 Å². The van der Waals surface area contributed by atoms with E-state index >= 15 is 0 Å². The van der Waals surface area contributed by atoms with Gasteiger partial charge in [0.25, 0.3) is 0 Å². The van der Waals surface area contributed by atoms with Crippen molar-refractivity contribution in [3.8, 4) is 0 Å². The van der Waals surface area contributed by atoms with Crippen LogP contribution in [0.2, 0.25) is 0 Å². The van der Waals surface area contributed by atoms with Gasteiger partial charge in [-0.1, -0.05) is 60.8 Å². The maximum atomic E-state index is 12.3. The highest BCUT2D eigenvalue weighted by atomic mass is 32.2. The SMILES string of the molecule is CC(C)(C)CCCCCCN1C(=O)CC(SC(C)(C)C)C1=O. The van der Waals surface area contributed by atoms with Gasteiger partial charge in [-0.05, 0) is 18.3 Å². The smallest absolute Gasteiger partial charge is 0.242 e. The van der Waals surface area contributed by atoms with Gasteiger partial charge < -0.3 is 0 Å². The van der Waals surface area contributed by atoms with E-state index in [-0.39, 0.29) is 21.8 Å². The number of hydrogen-bond acceptors (Lipinski definition) is 3. The molecule has 1 aliphatic heterocycles. The molecule has 2 amide bonds. The van der Waals surface area contributed by atoms with Gasteiger partial charge in [-0.25, -0.2) is 0 Å². The van der Waals surface area contributed by atoms with Gasteiger partial charge in [-0.3, -0.25) is 14.5 Å². The molecule has 0 bridgehead atoms. The first-order valence-electron chi connectivity index (χ1n) is 8.52. The molecule has 1 saturated heterocycles. The molecular weight excluding hydrogens is 294 g/mol. The fraction of sp³-hybridized carbons (Fsp3) is 0.889. The van der Waals surface area contributed by atoms with Crippen LogP contribution in [0.4, 0.5) is 0 Å². The third-order valence-electron chi connectivity index (χ3n) is 3.76. The summed E-state index contributed by atoms with van der Waals surface area (Å²) < 4.78 is 0.0174. The number of likely N-dealkylation sites (tertiary alicyclic amines) is 1. The molecule has 0 radical (unpaired) electrons. The van der Waals surface area contributed by atoms with Crippen LogP contribution in [0.15, 0.2) is 0 Å². The standard InChI is InChI=1S/C18H33NO2S/c1-17(2,3)11-9-7-8-10-12-19-15(20)13-14(16(19)21)22-18(4,5)6/h14H,7-13H2,1-6H3. The van der Waals surface area contributed by atoms with Gasteiger partial charge in [0, 0.05) is 17.7 Å². The molecule has 0 aromatic heterocycles. The third kappa shape index (κ3) is 7.17. The number of unbranched alkanes of at least 4 members (excludes halogenated alkanes) is 3. The Labute approximate surface area is 140 Å². The second-order valence-corrected chi connectivity index (χ2v) is 10.6. The third-order valence-corrected chi connectivity index (χ3v) is 5.12. The van der Waals surface area contributed by atoms with Crippen LogP contribution in [-0.2, 0) is 9.59 Å². The average Bonchev–Trinajstić information content (AvgIpc) is 2.56. The molecule has 0 aromatic carbocycles. The first-order valence-corrected chi connectivity index (χ1v) is 9.40. The Bertz CT molecular complexity index is 393. The molecule has 1 atom stereocenters. The average molecular weight is 328 g/mol. The van der Waals surface area contributed by atoms with Crippen molar-refractivity contribution in [3.63, 3.8) is 0 Å². The molecule has 1 unspecified atom stereocenters. The largest absolute Gasteiger partial charge is 0.282 e. The van der Waals surface area contributed by atoms with E-state index in [1.807, 2.05) is 0 Å². The molecule has 1 fully saturated rings. The van der Waals surface area contributed by atoms with Crippen LogP contribution in [0.25, 0.3) is 0 Å². The van der Waals surface area contributed by atoms with Gasteiger partial charge in [0.1, 0.15) is 0 Å². The topological polar surface area (TPSA) is 37.4 Å². The Morgan fingerprint density at radius 3 is 2.14 bits per heavy atom. The molecule has 22 heavy (non-hydrogen) atoms. The fourth-order valence-electron chi connectivity index (χ4n) is 2.69. The lowest BCUT2D eigenvalue weighted by Crippen LogP contribution is -2.33. The number of amides is 2. The van der Waals surface area contributed by atoms with Crippen LogP contribution >= 0.6 is 11.8 Å². The Kier molecular flexibility index (Phi) is 6.97. The zero-order valence-electron chi connectivity index (χ0n) is 15.2. The van der Waals surface area contributed by atoms with Crippen molar-refractivity contribution in [3.05, 3.63) is 0 Å². The van der Waals surface area contributed by atoms with Crippen molar-refractivity contribution in [2.45, 2.75) is 90.1 Å². The normalized spacial score (nSPS) is 20.1. The van der Waals surface area contributed by atoms with Crippen molar-refractivity contribution >= 4 is 23.6 Å². The highest BCUT2D eigenvalue weighted by Gasteiger charge is 2.40. The van der Waals surface area contributed by atoms with E-state index in [2.05, 4.69) is 41.5 Å². The molecule has 0 spiro atoms. The molecule has 1 rings (SSSR count). The molecule has 1 aliphatic rings. The number of thioether (sulfide) groups is 1. The molecule has 1 heterocycles. The number of nitrogens with zero attached hydrogens (tertiary/aromatic N) is 1. The first kappa shape index (κ1) is 19.5. The summed E-state index contributed by atoms with van der Waals surface area (Å²) in [7, 11) is 0. The second-order valence-electron chi connectivity index (χ2n) is 8.53. The fourth-order valence-corrected chi connectivity index (χ4v) is 3.99. The van der Waals surface area contributed by atoms with E-state index in [1.54, 1.807) is 11.8 Å². The van der Waals surface area contributed by atoms with Crippen LogP contribution in [0.1, 0.15) is 80.1 Å². The van der Waals surface area contributed by atoms with Crippen molar-refractivity contribution in [1.29, 1.82) is 0 Å². The number of carbonyl (C=O) groups excluding carboxylic acids is 2. The predicted octanol–water partition coefficient (Wildman–Crippen LogP) is 4.64. The van der Waals surface area contributed by atoms with Crippen LogP contribution in [0, 0.1) is 5.41 Å². The van der Waals surface area contributed by atoms with E-state index in [1.165, 1.54) is 24.2 Å². The molecule has 0 saturated carbocycles. The lowest BCUT2D eigenvalue weighted by molar-refractivity contribution is -0.138. The Morgan fingerprint density at radius 2 is 1.59 bits per heavy atom. The highest BCUT2D eigenvalue weighted by Crippen LogP contribution is 2.34. The zero-order chi connectivity index (χ0) is 17.0. The molecular formula is C18H33NO2S. The number of rotatable bonds is 7. The van der Waals surface area contributed by atoms with Crippen molar-refractivity contribution < 1.29 is 9.59 Å². The minimum Gasteiger partial charge on any atom is -0.282 e. The second kappa shape index (κ2) is 7.85. The van der Waals surface area contributed by atoms with E-state index in [0.29, 0.717) is 18.4 Å². The number of imide groups is 1. The van der Waals surface area contributed by atoms with Gasteiger partial charge in [0.05, 0.1) is 5.25 Å². The molecule has 4 heteroatoms. The first-order chi connectivity index (χ1) is 9.99. The number of hydrogen-bond donors (Lipinski definition) is 0. The summed E-state index contributed by atoms with van der Waals surface area (Å²) in [5.41, 5.74) is 0.401. The Balaban J connectivity index is 2.28. The van der Waals surface area contributed by atoms with Crippen molar-refractivity contribution in [1.82, 2.24) is 4.90 Å². The summed E-state index contributed by atoms with van der Waals surface area (Å²) in [6.45, 7) is 13.7. The summed E-state index contributed by atoms with van der Waals surface area (Å²) in [5.74, 6) is 0.0426. The van der Waals surface area contributed by atoms with Crippen molar-refractivity contribution in [2.75, 3.05) is 6.54 Å². The quantitative estimate of drug-likeness (QED) is 0.505. The molecule has 0 N–H and O–H groups in total.